The number of carbonyl (C=O) groups excluding carboxylic acids is 2. The van der Waals surface area contributed by atoms with E-state index in [1.807, 2.05) is 4.90 Å². The number of carbonyl (C=O) groups is 2. The minimum absolute atomic E-state index is 0.0597. The van der Waals surface area contributed by atoms with E-state index in [0.29, 0.717) is 19.6 Å². The van der Waals surface area contributed by atoms with E-state index in [1.54, 1.807) is 0 Å². The number of benzene rings is 2. The second-order valence-electron chi connectivity index (χ2n) is 9.88. The molecule has 1 N–H and O–H groups in total. The van der Waals surface area contributed by atoms with Gasteiger partial charge in [0.25, 0.3) is 0 Å². The van der Waals surface area contributed by atoms with Crippen molar-refractivity contribution in [2.75, 3.05) is 32.7 Å². The Hall–Kier alpha value is -3.18. The molecule has 2 amide bonds. The van der Waals surface area contributed by atoms with Crippen molar-refractivity contribution >= 4 is 30.0 Å². The first-order chi connectivity index (χ1) is 17.2. The van der Waals surface area contributed by atoms with Crippen LogP contribution < -0.4 is 5.32 Å². The maximum Gasteiger partial charge on any atom is 0.224 e. The van der Waals surface area contributed by atoms with Crippen molar-refractivity contribution in [1.29, 1.82) is 0 Å². The van der Waals surface area contributed by atoms with Crippen LogP contribution in [0, 0.1) is 5.92 Å². The molecular formula is C30H35N3O2. The number of likely N-dealkylation sites (tertiary alicyclic amines) is 2. The standard InChI is InChI=1S/C30H35N3O2/c1-2-16-31-30(35)27-15-17-32(21-34)20-28(27)33-18-13-24(14-19-33)29-25-9-5-3-7-22(25)11-12-23-8-4-6-10-26(23)29/h3-12,21,27-28H,2,13-20H2,1H3,(H,31,35). The lowest BCUT2D eigenvalue weighted by molar-refractivity contribution is -0.133. The first-order valence-electron chi connectivity index (χ1n) is 13.0. The predicted octanol–water partition coefficient (Wildman–Crippen LogP) is 4.44. The lowest BCUT2D eigenvalue weighted by Crippen LogP contribution is -2.57. The lowest BCUT2D eigenvalue weighted by atomic mass is 9.84. The van der Waals surface area contributed by atoms with Crippen LogP contribution in [0.4, 0.5) is 0 Å². The quantitative estimate of drug-likeness (QED) is 0.562. The molecule has 0 aromatic heterocycles. The largest absolute Gasteiger partial charge is 0.356 e. The van der Waals surface area contributed by atoms with Crippen LogP contribution in [-0.4, -0.2) is 60.9 Å². The highest BCUT2D eigenvalue weighted by Crippen LogP contribution is 2.39. The second-order valence-corrected chi connectivity index (χ2v) is 9.88. The summed E-state index contributed by atoms with van der Waals surface area (Å²) in [4.78, 5) is 28.8. The zero-order valence-electron chi connectivity index (χ0n) is 20.6. The van der Waals surface area contributed by atoms with Gasteiger partial charge in [0.05, 0.1) is 5.92 Å². The van der Waals surface area contributed by atoms with Crippen molar-refractivity contribution < 1.29 is 9.59 Å². The number of rotatable bonds is 5. The summed E-state index contributed by atoms with van der Waals surface area (Å²) in [5.74, 6) is 0.0831. The molecule has 2 atom stereocenters. The molecule has 5 heteroatoms. The van der Waals surface area contributed by atoms with Crippen molar-refractivity contribution in [3.05, 3.63) is 76.4 Å². The molecule has 0 bridgehead atoms. The Labute approximate surface area is 208 Å². The molecule has 2 saturated heterocycles. The first kappa shape index (κ1) is 23.6. The summed E-state index contributed by atoms with van der Waals surface area (Å²) in [5, 5.41) is 3.10. The van der Waals surface area contributed by atoms with Gasteiger partial charge >= 0.3 is 0 Å². The maximum atomic E-state index is 13.0. The van der Waals surface area contributed by atoms with E-state index < -0.39 is 0 Å². The normalized spacial score (nSPS) is 22.3. The third-order valence-corrected chi connectivity index (χ3v) is 7.78. The monoisotopic (exact) mass is 469 g/mol. The number of fused-ring (bicyclic) bond motifs is 2. The van der Waals surface area contributed by atoms with Gasteiger partial charge in [-0.2, -0.15) is 0 Å². The molecule has 2 aromatic carbocycles. The highest BCUT2D eigenvalue weighted by molar-refractivity contribution is 5.95. The molecule has 0 radical (unpaired) electrons. The molecule has 0 spiro atoms. The van der Waals surface area contributed by atoms with Crippen LogP contribution >= 0.6 is 0 Å². The molecule has 2 aromatic rings. The van der Waals surface area contributed by atoms with Gasteiger partial charge in [0.15, 0.2) is 0 Å². The zero-order valence-corrected chi connectivity index (χ0v) is 20.6. The topological polar surface area (TPSA) is 52.7 Å². The summed E-state index contributed by atoms with van der Waals surface area (Å²) in [6.45, 7) is 5.90. The number of hydrogen-bond donors (Lipinski definition) is 1. The van der Waals surface area contributed by atoms with Crippen molar-refractivity contribution in [1.82, 2.24) is 15.1 Å². The van der Waals surface area contributed by atoms with Crippen molar-refractivity contribution in [3.63, 3.8) is 0 Å². The Kier molecular flexibility index (Phi) is 7.14. The third kappa shape index (κ3) is 4.83. The van der Waals surface area contributed by atoms with Gasteiger partial charge in [-0.15, -0.1) is 0 Å². The lowest BCUT2D eigenvalue weighted by Gasteiger charge is -2.44. The van der Waals surface area contributed by atoms with Gasteiger partial charge in [-0.25, -0.2) is 0 Å². The summed E-state index contributed by atoms with van der Waals surface area (Å²) in [5.41, 5.74) is 7.99. The van der Waals surface area contributed by atoms with E-state index >= 15 is 0 Å². The van der Waals surface area contributed by atoms with Gasteiger partial charge < -0.3 is 10.2 Å². The summed E-state index contributed by atoms with van der Waals surface area (Å²) in [7, 11) is 0. The Morgan fingerprint density at radius 1 is 0.971 bits per heavy atom. The number of nitrogens with zero attached hydrogens (tertiary/aromatic N) is 2. The molecule has 3 aliphatic rings. The van der Waals surface area contributed by atoms with Gasteiger partial charge in [-0.3, -0.25) is 14.5 Å². The predicted molar refractivity (Wildman–Crippen MR) is 141 cm³/mol. The highest BCUT2D eigenvalue weighted by atomic mass is 16.2. The van der Waals surface area contributed by atoms with Gasteiger partial charge in [-0.05, 0) is 53.5 Å². The van der Waals surface area contributed by atoms with Crippen molar-refractivity contribution in [2.45, 2.75) is 38.6 Å². The summed E-state index contributed by atoms with van der Waals surface area (Å²) in [6.07, 6.45) is 9.01. The smallest absolute Gasteiger partial charge is 0.224 e. The molecule has 2 aliphatic heterocycles. The molecule has 35 heavy (non-hydrogen) atoms. The Morgan fingerprint density at radius 3 is 2.20 bits per heavy atom. The molecule has 2 heterocycles. The maximum absolute atomic E-state index is 13.0. The van der Waals surface area contributed by atoms with E-state index in [9.17, 15) is 9.59 Å². The van der Waals surface area contributed by atoms with Crippen LogP contribution in [-0.2, 0) is 9.59 Å². The Morgan fingerprint density at radius 2 is 1.60 bits per heavy atom. The fourth-order valence-electron chi connectivity index (χ4n) is 5.93. The van der Waals surface area contributed by atoms with Gasteiger partial charge in [0.2, 0.25) is 12.3 Å². The third-order valence-electron chi connectivity index (χ3n) is 7.78. The van der Waals surface area contributed by atoms with Crippen LogP contribution in [0.2, 0.25) is 0 Å². The van der Waals surface area contributed by atoms with Gasteiger partial charge in [0.1, 0.15) is 0 Å². The van der Waals surface area contributed by atoms with E-state index in [-0.39, 0.29) is 17.9 Å². The SMILES string of the molecule is CCCNC(=O)C1CCN(C=O)CC1N1CCC(=C2c3ccccc3C=Cc3ccccc32)CC1. The first-order valence-corrected chi connectivity index (χ1v) is 13.0. The summed E-state index contributed by atoms with van der Waals surface area (Å²) < 4.78 is 0. The van der Waals surface area contributed by atoms with Crippen LogP contribution in [0.3, 0.4) is 0 Å². The van der Waals surface area contributed by atoms with E-state index in [4.69, 9.17) is 0 Å². The summed E-state index contributed by atoms with van der Waals surface area (Å²) in [6, 6.07) is 17.4. The molecule has 1 aliphatic carbocycles. The summed E-state index contributed by atoms with van der Waals surface area (Å²) >= 11 is 0. The van der Waals surface area contributed by atoms with E-state index in [2.05, 4.69) is 77.8 Å². The Balaban J connectivity index is 1.42. The molecule has 5 rings (SSSR count). The van der Waals surface area contributed by atoms with Crippen LogP contribution in [0.1, 0.15) is 54.9 Å². The molecule has 0 saturated carbocycles. The molecule has 2 unspecified atom stereocenters. The second kappa shape index (κ2) is 10.6. The van der Waals surface area contributed by atoms with E-state index in [1.165, 1.54) is 33.4 Å². The van der Waals surface area contributed by atoms with Crippen LogP contribution in [0.5, 0.6) is 0 Å². The average Bonchev–Trinajstić information content (AvgIpc) is 3.08. The molecule has 5 nitrogen and oxygen atoms in total. The molecule has 2 fully saturated rings. The molecular weight excluding hydrogens is 434 g/mol. The van der Waals surface area contributed by atoms with Crippen LogP contribution in [0.15, 0.2) is 54.1 Å². The fraction of sp³-hybridized carbons (Fsp3) is 0.400. The average molecular weight is 470 g/mol. The fourth-order valence-corrected chi connectivity index (χ4v) is 5.93. The minimum Gasteiger partial charge on any atom is -0.356 e. The van der Waals surface area contributed by atoms with E-state index in [0.717, 1.165) is 45.2 Å². The highest BCUT2D eigenvalue weighted by Gasteiger charge is 2.38. The Bertz CT molecular complexity index is 1090. The zero-order chi connectivity index (χ0) is 24.2. The van der Waals surface area contributed by atoms with Crippen molar-refractivity contribution in [2.24, 2.45) is 5.92 Å². The minimum atomic E-state index is -0.0597. The number of hydrogen-bond acceptors (Lipinski definition) is 3. The van der Waals surface area contributed by atoms with Gasteiger partial charge in [-0.1, -0.05) is 73.2 Å². The number of nitrogens with one attached hydrogen (secondary N) is 1. The van der Waals surface area contributed by atoms with Gasteiger partial charge in [0, 0.05) is 38.8 Å². The number of amides is 2. The van der Waals surface area contributed by atoms with Crippen molar-refractivity contribution in [3.8, 4) is 0 Å². The number of piperidine rings is 2. The van der Waals surface area contributed by atoms with Crippen LogP contribution in [0.25, 0.3) is 17.7 Å². The molecule has 182 valence electrons.